The van der Waals surface area contributed by atoms with Gasteiger partial charge in [-0.05, 0) is 12.8 Å². The molecule has 0 saturated heterocycles. The molecule has 0 unspecified atom stereocenters. The van der Waals surface area contributed by atoms with E-state index in [1.165, 1.54) is 26.4 Å². The number of carbonyl (C=O) groups excluding carboxylic acids is 1. The van der Waals surface area contributed by atoms with E-state index in [2.05, 4.69) is 10.1 Å². The Morgan fingerprint density at radius 2 is 1.77 bits per heavy atom. The van der Waals surface area contributed by atoms with Gasteiger partial charge in [-0.2, -0.15) is 0 Å². The average molecular weight is 187 g/mol. The van der Waals surface area contributed by atoms with E-state index in [9.17, 15) is 4.79 Å². The second-order valence-corrected chi connectivity index (χ2v) is 2.97. The Morgan fingerprint density at radius 1 is 1.23 bits per heavy atom. The third-order valence-electron chi connectivity index (χ3n) is 2.11. The summed E-state index contributed by atoms with van der Waals surface area (Å²) in [6, 6.07) is 0.358. The summed E-state index contributed by atoms with van der Waals surface area (Å²) in [5.41, 5.74) is 0. The van der Waals surface area contributed by atoms with Gasteiger partial charge < -0.3 is 10.1 Å². The average Bonchev–Trinajstić information content (AvgIpc) is 2.22. The highest BCUT2D eigenvalue weighted by atomic mass is 16.5. The fourth-order valence-corrected chi connectivity index (χ4v) is 1.47. The van der Waals surface area contributed by atoms with Crippen molar-refractivity contribution in [2.24, 2.45) is 0 Å². The van der Waals surface area contributed by atoms with Crippen molar-refractivity contribution >= 4 is 6.09 Å². The third-order valence-corrected chi connectivity index (χ3v) is 2.11. The molecular formula is C10H21NO2. The molecule has 1 rings (SSSR count). The molecule has 78 valence electrons. The van der Waals surface area contributed by atoms with Crippen molar-refractivity contribution in [3.05, 3.63) is 0 Å². The second-order valence-electron chi connectivity index (χ2n) is 2.97. The summed E-state index contributed by atoms with van der Waals surface area (Å²) < 4.78 is 4.50. The van der Waals surface area contributed by atoms with Crippen LogP contribution in [0.1, 0.15) is 46.0 Å². The van der Waals surface area contributed by atoms with E-state index >= 15 is 0 Å². The molecule has 1 aliphatic carbocycles. The molecule has 0 atom stereocenters. The maximum absolute atomic E-state index is 10.7. The first kappa shape index (κ1) is 12.3. The van der Waals surface area contributed by atoms with Crippen LogP contribution >= 0.6 is 0 Å². The number of alkyl carbamates (subject to hydrolysis) is 1. The summed E-state index contributed by atoms with van der Waals surface area (Å²) in [6.45, 7) is 4.00. The SMILES string of the molecule is CC.COC(=O)NC1CCCCC1. The Bertz CT molecular complexity index is 131. The van der Waals surface area contributed by atoms with Gasteiger partial charge in [0.1, 0.15) is 0 Å². The number of ether oxygens (including phenoxy) is 1. The molecule has 13 heavy (non-hydrogen) atoms. The maximum Gasteiger partial charge on any atom is 0.407 e. The van der Waals surface area contributed by atoms with Gasteiger partial charge in [0, 0.05) is 6.04 Å². The first-order valence-electron chi connectivity index (χ1n) is 5.17. The number of hydrogen-bond donors (Lipinski definition) is 1. The number of methoxy groups -OCH3 is 1. The van der Waals surface area contributed by atoms with Gasteiger partial charge >= 0.3 is 6.09 Å². The highest BCUT2D eigenvalue weighted by molar-refractivity contribution is 5.67. The van der Waals surface area contributed by atoms with Crippen LogP contribution < -0.4 is 5.32 Å². The summed E-state index contributed by atoms with van der Waals surface area (Å²) in [7, 11) is 1.40. The van der Waals surface area contributed by atoms with Gasteiger partial charge in [0.15, 0.2) is 0 Å². The molecule has 3 nitrogen and oxygen atoms in total. The number of nitrogens with one attached hydrogen (secondary N) is 1. The number of carbonyl (C=O) groups is 1. The van der Waals surface area contributed by atoms with Crippen LogP contribution in [0.5, 0.6) is 0 Å². The molecule has 0 aromatic rings. The quantitative estimate of drug-likeness (QED) is 0.685. The zero-order chi connectivity index (χ0) is 10.1. The van der Waals surface area contributed by atoms with Crippen LogP contribution in [-0.4, -0.2) is 19.2 Å². The second kappa shape index (κ2) is 7.90. The summed E-state index contributed by atoms with van der Waals surface area (Å²) in [6.07, 6.45) is 5.68. The lowest BCUT2D eigenvalue weighted by Crippen LogP contribution is -2.35. The molecule has 0 spiro atoms. The lowest BCUT2D eigenvalue weighted by atomic mass is 9.96. The maximum atomic E-state index is 10.7. The molecule has 0 bridgehead atoms. The molecule has 0 aromatic heterocycles. The monoisotopic (exact) mass is 187 g/mol. The van der Waals surface area contributed by atoms with Crippen molar-refractivity contribution < 1.29 is 9.53 Å². The first-order chi connectivity index (χ1) is 6.33. The van der Waals surface area contributed by atoms with Crippen molar-refractivity contribution in [3.63, 3.8) is 0 Å². The van der Waals surface area contributed by atoms with Crippen LogP contribution in [-0.2, 0) is 4.74 Å². The molecule has 0 aromatic carbocycles. The summed E-state index contributed by atoms with van der Waals surface area (Å²) in [4.78, 5) is 10.7. The number of hydrogen-bond acceptors (Lipinski definition) is 2. The van der Waals surface area contributed by atoms with E-state index in [4.69, 9.17) is 0 Å². The van der Waals surface area contributed by atoms with Crippen LogP contribution in [0.3, 0.4) is 0 Å². The van der Waals surface area contributed by atoms with Crippen molar-refractivity contribution in [3.8, 4) is 0 Å². The van der Waals surface area contributed by atoms with E-state index in [-0.39, 0.29) is 6.09 Å². The van der Waals surface area contributed by atoms with E-state index in [0.29, 0.717) is 6.04 Å². The van der Waals surface area contributed by atoms with Gasteiger partial charge in [-0.3, -0.25) is 0 Å². The topological polar surface area (TPSA) is 38.3 Å². The predicted octanol–water partition coefficient (Wildman–Crippen LogP) is 2.70. The lowest BCUT2D eigenvalue weighted by Gasteiger charge is -2.21. The normalized spacial score (nSPS) is 16.8. The zero-order valence-electron chi connectivity index (χ0n) is 8.93. The van der Waals surface area contributed by atoms with E-state index in [1.54, 1.807) is 0 Å². The molecule has 0 radical (unpaired) electrons. The fraction of sp³-hybridized carbons (Fsp3) is 0.900. The van der Waals surface area contributed by atoms with Crippen molar-refractivity contribution in [2.45, 2.75) is 52.0 Å². The Balaban J connectivity index is 0.000000671. The molecule has 1 saturated carbocycles. The Labute approximate surface area is 80.8 Å². The third kappa shape index (κ3) is 5.50. The predicted molar refractivity (Wildman–Crippen MR) is 53.8 cm³/mol. The minimum absolute atomic E-state index is 0.295. The molecule has 3 heteroatoms. The Kier molecular flexibility index (Phi) is 7.45. The minimum atomic E-state index is -0.295. The Morgan fingerprint density at radius 3 is 2.23 bits per heavy atom. The van der Waals surface area contributed by atoms with Crippen LogP contribution in [0.25, 0.3) is 0 Å². The van der Waals surface area contributed by atoms with E-state index in [1.807, 2.05) is 13.8 Å². The van der Waals surface area contributed by atoms with Crippen LogP contribution in [0.15, 0.2) is 0 Å². The lowest BCUT2D eigenvalue weighted by molar-refractivity contribution is 0.163. The molecular weight excluding hydrogens is 166 g/mol. The Hall–Kier alpha value is -0.730. The van der Waals surface area contributed by atoms with Crippen molar-refractivity contribution in [1.29, 1.82) is 0 Å². The molecule has 1 aliphatic rings. The highest BCUT2D eigenvalue weighted by Gasteiger charge is 2.14. The van der Waals surface area contributed by atoms with E-state index < -0.39 is 0 Å². The number of amides is 1. The summed E-state index contributed by atoms with van der Waals surface area (Å²) in [5.74, 6) is 0. The van der Waals surface area contributed by atoms with Crippen molar-refractivity contribution in [1.82, 2.24) is 5.32 Å². The van der Waals surface area contributed by atoms with Gasteiger partial charge in [-0.15, -0.1) is 0 Å². The van der Waals surface area contributed by atoms with Gasteiger partial charge in [0.25, 0.3) is 0 Å². The highest BCUT2D eigenvalue weighted by Crippen LogP contribution is 2.17. The molecule has 1 amide bonds. The molecule has 0 aliphatic heterocycles. The zero-order valence-corrected chi connectivity index (χ0v) is 8.93. The largest absolute Gasteiger partial charge is 0.453 e. The van der Waals surface area contributed by atoms with E-state index in [0.717, 1.165) is 12.8 Å². The van der Waals surface area contributed by atoms with Gasteiger partial charge in [0.2, 0.25) is 0 Å². The van der Waals surface area contributed by atoms with Crippen LogP contribution in [0.4, 0.5) is 4.79 Å². The van der Waals surface area contributed by atoms with Gasteiger partial charge in [-0.25, -0.2) is 4.79 Å². The van der Waals surface area contributed by atoms with Crippen molar-refractivity contribution in [2.75, 3.05) is 7.11 Å². The van der Waals surface area contributed by atoms with Gasteiger partial charge in [-0.1, -0.05) is 33.1 Å². The fourth-order valence-electron chi connectivity index (χ4n) is 1.47. The summed E-state index contributed by atoms with van der Waals surface area (Å²) >= 11 is 0. The molecule has 1 fully saturated rings. The summed E-state index contributed by atoms with van der Waals surface area (Å²) in [5, 5.41) is 2.81. The number of rotatable bonds is 1. The molecule has 0 heterocycles. The standard InChI is InChI=1S/C8H15NO2.C2H6/c1-11-8(10)9-7-5-3-2-4-6-7;1-2/h7H,2-6H2,1H3,(H,9,10);1-2H3. The van der Waals surface area contributed by atoms with Crippen LogP contribution in [0, 0.1) is 0 Å². The minimum Gasteiger partial charge on any atom is -0.453 e. The first-order valence-corrected chi connectivity index (χ1v) is 5.17. The van der Waals surface area contributed by atoms with Crippen LogP contribution in [0.2, 0.25) is 0 Å². The smallest absolute Gasteiger partial charge is 0.407 e. The molecule has 1 N–H and O–H groups in total. The van der Waals surface area contributed by atoms with Gasteiger partial charge in [0.05, 0.1) is 7.11 Å².